The van der Waals surface area contributed by atoms with Crippen LogP contribution < -0.4 is 10.9 Å². The molecule has 0 radical (unpaired) electrons. The Balaban J connectivity index is 1.82. The van der Waals surface area contributed by atoms with Crippen molar-refractivity contribution in [1.82, 2.24) is 4.98 Å². The average molecular weight is 462 g/mol. The van der Waals surface area contributed by atoms with Crippen molar-refractivity contribution in [2.75, 3.05) is 5.32 Å². The zero-order valence-corrected chi connectivity index (χ0v) is 18.2. The van der Waals surface area contributed by atoms with Crippen LogP contribution in [0.25, 0.3) is 11.0 Å². The van der Waals surface area contributed by atoms with E-state index < -0.39 is 0 Å². The first-order chi connectivity index (χ1) is 14.5. The number of nitrogens with zero attached hydrogens (tertiary/aromatic N) is 2. The van der Waals surface area contributed by atoms with Crippen molar-refractivity contribution in [3.05, 3.63) is 93.6 Å². The van der Waals surface area contributed by atoms with Gasteiger partial charge >= 0.3 is 0 Å². The number of hydrogen-bond donors (Lipinski definition) is 1. The van der Waals surface area contributed by atoms with Crippen LogP contribution in [-0.2, 0) is 6.42 Å². The molecule has 1 N–H and O–H groups in total. The van der Waals surface area contributed by atoms with Crippen LogP contribution in [0.3, 0.4) is 0 Å². The number of fused-ring (bicyclic) bond motifs is 1. The third-order valence-electron chi connectivity index (χ3n) is 4.68. The zero-order valence-electron chi connectivity index (χ0n) is 16.6. The molecule has 0 bridgehead atoms. The lowest BCUT2D eigenvalue weighted by atomic mass is 10.1. The Hall–Kier alpha value is -3.25. The van der Waals surface area contributed by atoms with Crippen molar-refractivity contribution in [3.63, 3.8) is 0 Å². The predicted molar refractivity (Wildman–Crippen MR) is 122 cm³/mol. The molecular formula is C24H20BrN3O2. The summed E-state index contributed by atoms with van der Waals surface area (Å²) in [5, 5.41) is 3.63. The molecule has 2 heterocycles. The number of carbonyl (C=O) groups is 1. The molecule has 0 saturated carbocycles. The minimum atomic E-state index is -0.332. The van der Waals surface area contributed by atoms with Gasteiger partial charge in [0.05, 0.1) is 5.69 Å². The van der Waals surface area contributed by atoms with E-state index in [0.29, 0.717) is 17.0 Å². The Morgan fingerprint density at radius 1 is 1.10 bits per heavy atom. The maximum Gasteiger partial charge on any atom is 0.262 e. The number of aryl methyl sites for hydroxylation is 2. The van der Waals surface area contributed by atoms with E-state index in [1.165, 1.54) is 5.56 Å². The van der Waals surface area contributed by atoms with Crippen molar-refractivity contribution < 1.29 is 9.21 Å². The van der Waals surface area contributed by atoms with Crippen molar-refractivity contribution in [2.24, 2.45) is 4.99 Å². The molecule has 2 aromatic heterocycles. The Morgan fingerprint density at radius 2 is 1.90 bits per heavy atom. The van der Waals surface area contributed by atoms with E-state index in [0.717, 1.165) is 27.5 Å². The van der Waals surface area contributed by atoms with Gasteiger partial charge in [0.25, 0.3) is 5.91 Å². The van der Waals surface area contributed by atoms with Crippen molar-refractivity contribution >= 4 is 44.3 Å². The van der Waals surface area contributed by atoms with Gasteiger partial charge in [-0.05, 0) is 66.9 Å². The van der Waals surface area contributed by atoms with Crippen LogP contribution in [0.1, 0.15) is 28.4 Å². The summed E-state index contributed by atoms with van der Waals surface area (Å²) in [6, 6.07) is 19.0. The van der Waals surface area contributed by atoms with E-state index >= 15 is 0 Å². The quantitative estimate of drug-likeness (QED) is 0.408. The topological polar surface area (TPSA) is 67.5 Å². The summed E-state index contributed by atoms with van der Waals surface area (Å²) in [6.45, 7) is 4.05. The molecule has 6 heteroatoms. The molecule has 0 spiro atoms. The summed E-state index contributed by atoms with van der Waals surface area (Å²) in [5.41, 5.74) is 4.19. The first kappa shape index (κ1) is 20.0. The maximum absolute atomic E-state index is 13.1. The SMILES string of the molecule is CCc1ccc(N=c2oc3ccc(Br)cc3cc2C(=O)Nc2ccc(C)cn2)cc1. The molecule has 0 fully saturated rings. The molecule has 150 valence electrons. The number of benzene rings is 2. The fraction of sp³-hybridized carbons (Fsp3) is 0.125. The number of halogens is 1. The number of anilines is 1. The second kappa shape index (κ2) is 8.63. The lowest BCUT2D eigenvalue weighted by Gasteiger charge is -2.07. The van der Waals surface area contributed by atoms with E-state index in [-0.39, 0.29) is 11.5 Å². The summed E-state index contributed by atoms with van der Waals surface area (Å²) in [6.07, 6.45) is 2.66. The number of carbonyl (C=O) groups excluding carboxylic acids is 1. The van der Waals surface area contributed by atoms with Crippen LogP contribution in [0.2, 0.25) is 0 Å². The number of pyridine rings is 1. The molecule has 5 nitrogen and oxygen atoms in total. The van der Waals surface area contributed by atoms with Crippen LogP contribution >= 0.6 is 15.9 Å². The molecule has 4 rings (SSSR count). The number of rotatable bonds is 4. The number of hydrogen-bond acceptors (Lipinski definition) is 4. The highest BCUT2D eigenvalue weighted by atomic mass is 79.9. The van der Waals surface area contributed by atoms with Crippen LogP contribution in [0.15, 0.2) is 80.7 Å². The molecule has 0 atom stereocenters. The largest absolute Gasteiger partial charge is 0.438 e. The monoisotopic (exact) mass is 461 g/mol. The second-order valence-corrected chi connectivity index (χ2v) is 7.87. The van der Waals surface area contributed by atoms with Gasteiger partial charge in [-0.25, -0.2) is 9.98 Å². The van der Waals surface area contributed by atoms with E-state index in [4.69, 9.17) is 4.42 Å². The summed E-state index contributed by atoms with van der Waals surface area (Å²) < 4.78 is 6.92. The minimum absolute atomic E-state index is 0.249. The van der Waals surface area contributed by atoms with Gasteiger partial charge < -0.3 is 9.73 Å². The summed E-state index contributed by atoms with van der Waals surface area (Å²) in [7, 11) is 0. The molecule has 0 aliphatic rings. The van der Waals surface area contributed by atoms with Crippen molar-refractivity contribution in [1.29, 1.82) is 0 Å². The minimum Gasteiger partial charge on any atom is -0.438 e. The molecule has 1 amide bonds. The predicted octanol–water partition coefficient (Wildman–Crippen LogP) is 5.95. The zero-order chi connectivity index (χ0) is 21.1. The Morgan fingerprint density at radius 3 is 2.60 bits per heavy atom. The Bertz CT molecular complexity index is 1280. The average Bonchev–Trinajstić information content (AvgIpc) is 2.75. The van der Waals surface area contributed by atoms with Gasteiger partial charge in [0.2, 0.25) is 5.55 Å². The molecule has 0 saturated heterocycles. The van der Waals surface area contributed by atoms with Gasteiger partial charge in [0.1, 0.15) is 17.0 Å². The standard InChI is InChI=1S/C24H20BrN3O2/c1-3-16-5-8-19(9-6-16)27-24-20(13-17-12-18(25)7-10-21(17)30-24)23(29)28-22-11-4-15(2)14-26-22/h4-14H,3H2,1-2H3,(H,26,28,29). The van der Waals surface area contributed by atoms with E-state index in [2.05, 4.69) is 38.1 Å². The molecular weight excluding hydrogens is 442 g/mol. The fourth-order valence-corrected chi connectivity index (χ4v) is 3.37. The second-order valence-electron chi connectivity index (χ2n) is 6.95. The van der Waals surface area contributed by atoms with Gasteiger partial charge in [-0.2, -0.15) is 0 Å². The highest BCUT2D eigenvalue weighted by Crippen LogP contribution is 2.21. The van der Waals surface area contributed by atoms with Gasteiger partial charge in [-0.1, -0.05) is 41.1 Å². The molecule has 4 aromatic rings. The summed E-state index contributed by atoms with van der Waals surface area (Å²) >= 11 is 3.46. The maximum atomic E-state index is 13.1. The van der Waals surface area contributed by atoms with Crippen LogP contribution in [0.4, 0.5) is 11.5 Å². The smallest absolute Gasteiger partial charge is 0.262 e. The van der Waals surface area contributed by atoms with Crippen molar-refractivity contribution in [3.8, 4) is 0 Å². The number of nitrogens with one attached hydrogen (secondary N) is 1. The molecule has 0 unspecified atom stereocenters. The van der Waals surface area contributed by atoms with E-state index in [9.17, 15) is 4.79 Å². The normalized spacial score (nSPS) is 11.6. The van der Waals surface area contributed by atoms with Crippen LogP contribution in [0.5, 0.6) is 0 Å². The third-order valence-corrected chi connectivity index (χ3v) is 5.17. The Labute approximate surface area is 182 Å². The molecule has 30 heavy (non-hydrogen) atoms. The Kier molecular flexibility index (Phi) is 5.77. The van der Waals surface area contributed by atoms with Crippen molar-refractivity contribution in [2.45, 2.75) is 20.3 Å². The summed E-state index contributed by atoms with van der Waals surface area (Å²) in [5.74, 6) is 0.138. The highest BCUT2D eigenvalue weighted by Gasteiger charge is 2.14. The lowest BCUT2D eigenvalue weighted by molar-refractivity contribution is 0.102. The molecule has 0 aliphatic carbocycles. The van der Waals surface area contributed by atoms with E-state index in [1.807, 2.05) is 55.5 Å². The molecule has 2 aromatic carbocycles. The first-order valence-corrected chi connectivity index (χ1v) is 10.4. The van der Waals surface area contributed by atoms with Gasteiger partial charge in [0, 0.05) is 16.1 Å². The van der Waals surface area contributed by atoms with Crippen LogP contribution in [0, 0.1) is 6.92 Å². The van der Waals surface area contributed by atoms with Gasteiger partial charge in [-0.3, -0.25) is 4.79 Å². The third kappa shape index (κ3) is 4.49. The van der Waals surface area contributed by atoms with Gasteiger partial charge in [-0.15, -0.1) is 0 Å². The molecule has 0 aliphatic heterocycles. The highest BCUT2D eigenvalue weighted by molar-refractivity contribution is 9.10. The number of amides is 1. The summed E-state index contributed by atoms with van der Waals surface area (Å²) in [4.78, 5) is 21.9. The lowest BCUT2D eigenvalue weighted by Crippen LogP contribution is -2.22. The number of aromatic nitrogens is 1. The van der Waals surface area contributed by atoms with Gasteiger partial charge in [0.15, 0.2) is 0 Å². The fourth-order valence-electron chi connectivity index (χ4n) is 3.00. The van der Waals surface area contributed by atoms with Crippen LogP contribution in [-0.4, -0.2) is 10.9 Å². The first-order valence-electron chi connectivity index (χ1n) is 9.63. The van der Waals surface area contributed by atoms with E-state index in [1.54, 1.807) is 18.3 Å².